The number of aliphatic carboxylic acids is 3. The summed E-state index contributed by atoms with van der Waals surface area (Å²) >= 11 is 0. The van der Waals surface area contributed by atoms with Gasteiger partial charge in [0, 0.05) is 31.4 Å². The third-order valence-corrected chi connectivity index (χ3v) is 12.9. The number of imidazole rings is 1. The first-order chi connectivity index (χ1) is 42.1. The van der Waals surface area contributed by atoms with E-state index in [1.807, 2.05) is 10.6 Å². The molecule has 13 amide bonds. The molecule has 2 heterocycles. The topological polar surface area (TPSA) is 669 Å². The van der Waals surface area contributed by atoms with Gasteiger partial charge in [-0.15, -0.1) is 0 Å². The van der Waals surface area contributed by atoms with E-state index in [0.29, 0.717) is 0 Å². The van der Waals surface area contributed by atoms with Crippen molar-refractivity contribution in [3.8, 4) is 0 Å². The molecule has 0 aliphatic carbocycles. The van der Waals surface area contributed by atoms with Crippen LogP contribution in [-0.4, -0.2) is 240 Å². The number of carbonyl (C=O) groups is 16. The maximum Gasteiger partial charge on any atom is 0.326 e. The van der Waals surface area contributed by atoms with E-state index < -0.39 is 207 Å². The van der Waals surface area contributed by atoms with Gasteiger partial charge >= 0.3 is 17.9 Å². The lowest BCUT2D eigenvalue weighted by molar-refractivity contribution is -0.143. The number of carboxylic acids is 3. The third kappa shape index (κ3) is 27.3. The summed E-state index contributed by atoms with van der Waals surface area (Å²) in [5.41, 5.74) is 27.0. The van der Waals surface area contributed by atoms with Gasteiger partial charge < -0.3 is 117 Å². The molecule has 90 heavy (non-hydrogen) atoms. The Morgan fingerprint density at radius 1 is 0.633 bits per heavy atom. The maximum atomic E-state index is 14.3. The first-order valence-electron chi connectivity index (χ1n) is 27.7. The van der Waals surface area contributed by atoms with Crippen LogP contribution in [0.25, 0.3) is 0 Å². The van der Waals surface area contributed by atoms with Crippen LogP contribution in [0.2, 0.25) is 0 Å². The van der Waals surface area contributed by atoms with Gasteiger partial charge in [-0.25, -0.2) is 9.78 Å². The van der Waals surface area contributed by atoms with Crippen LogP contribution >= 0.6 is 0 Å². The fraction of sp³-hybridized carbons (Fsp3) is 0.600. The minimum absolute atomic E-state index is 0.0124. The Balaban J connectivity index is 2.23. The molecule has 1 aromatic rings. The standard InChI is InChI=1S/C50H79N19O21/c1-21(2)10-26(42(82)65-29(14-34(53)73)45(85)66-28(13-33(52)72)44(84)62-25(49(89)90)6-4-8-57-50(54)55)64-43(83)27(11-23-16-56-20-60-23)67-46(86)32-7-5-9-69(32)48(88)31(19-70)61-35(74)17-59-47(87)39(22(3)71)68-36(75)18-58-41(81)30(15-38(78)79)63-40(80)24(51)12-37(76)77/h16,20-22,24-32,39,70-71H,4-15,17-19,51H2,1-3H3,(H2,52,72)(H2,53,73)(H,56,60)(H,58,81)(H,59,87)(H,61,74)(H,62,84)(H,63,80)(H,64,83)(H,65,82)(H,66,85)(H,67,86)(H,68,75)(H,76,77)(H,78,79)(H,89,90)(H4,54,55,57)/t22-,24+,25+,26+,27+,28+,29+,30+,31+,32+,39+/m1/s1. The second kappa shape index (κ2) is 37.5. The largest absolute Gasteiger partial charge is 0.481 e. The number of carbonyl (C=O) groups excluding carboxylic acids is 13. The second-order valence-electron chi connectivity index (χ2n) is 20.9. The molecule has 1 fully saturated rings. The minimum Gasteiger partial charge on any atom is -0.481 e. The number of nitrogens with two attached hydrogens (primary N) is 5. The fourth-order valence-corrected chi connectivity index (χ4v) is 8.54. The van der Waals surface area contributed by atoms with Crippen molar-refractivity contribution in [3.05, 3.63) is 18.2 Å². The number of carboxylic acid groups (broad SMARTS) is 3. The molecule has 40 heteroatoms. The summed E-state index contributed by atoms with van der Waals surface area (Å²) < 4.78 is 0. The van der Waals surface area contributed by atoms with E-state index >= 15 is 0 Å². The van der Waals surface area contributed by atoms with Crippen LogP contribution < -0.4 is 81.8 Å². The summed E-state index contributed by atoms with van der Waals surface area (Å²) in [6.07, 6.45) is -3.22. The smallest absolute Gasteiger partial charge is 0.326 e. The van der Waals surface area contributed by atoms with Crippen molar-refractivity contribution in [2.75, 3.05) is 32.8 Å². The number of rotatable bonds is 40. The van der Waals surface area contributed by atoms with Crippen LogP contribution in [0.1, 0.15) is 84.3 Å². The monoisotopic (exact) mass is 1280 g/mol. The summed E-state index contributed by atoms with van der Waals surface area (Å²) in [5.74, 6) is -19.9. The lowest BCUT2D eigenvalue weighted by atomic mass is 10.0. The number of aliphatic hydroxyl groups excluding tert-OH is 2. The van der Waals surface area contributed by atoms with Gasteiger partial charge in [0.25, 0.3) is 0 Å². The Labute approximate surface area is 511 Å². The molecule has 1 saturated heterocycles. The van der Waals surface area contributed by atoms with Crippen LogP contribution in [-0.2, 0) is 83.1 Å². The zero-order valence-electron chi connectivity index (χ0n) is 49.2. The minimum atomic E-state index is -1.89. The number of hydrogen-bond donors (Lipinski definition) is 21. The van der Waals surface area contributed by atoms with Crippen molar-refractivity contribution in [2.24, 2.45) is 39.6 Å². The summed E-state index contributed by atoms with van der Waals surface area (Å²) in [6, 6.07) is -16.9. The van der Waals surface area contributed by atoms with Crippen molar-refractivity contribution < 1.29 is 102 Å². The van der Waals surface area contributed by atoms with Gasteiger partial charge in [0.05, 0.1) is 63.9 Å². The average molecular weight is 1280 g/mol. The summed E-state index contributed by atoms with van der Waals surface area (Å²) in [5, 5.41) is 70.4. The van der Waals surface area contributed by atoms with Gasteiger partial charge in [-0.2, -0.15) is 0 Å². The van der Waals surface area contributed by atoms with Gasteiger partial charge in [-0.05, 0) is 44.9 Å². The van der Waals surface area contributed by atoms with E-state index in [1.54, 1.807) is 13.8 Å². The van der Waals surface area contributed by atoms with Gasteiger partial charge in [0.2, 0.25) is 76.8 Å². The lowest BCUT2D eigenvalue weighted by Crippen LogP contribution is -2.61. The highest BCUT2D eigenvalue weighted by Crippen LogP contribution is 2.20. The molecule has 0 unspecified atom stereocenters. The Bertz CT molecular complexity index is 2800. The Kier molecular flexibility index (Phi) is 31.7. The molecular formula is C50H79N19O21. The van der Waals surface area contributed by atoms with Crippen molar-refractivity contribution >= 4 is 101 Å². The lowest BCUT2D eigenvalue weighted by Gasteiger charge is -2.30. The Hall–Kier alpha value is -10.1. The summed E-state index contributed by atoms with van der Waals surface area (Å²) in [6.45, 7) is 1.27. The number of aliphatic imine (C=N–C) groups is 1. The number of hydrogen-bond acceptors (Lipinski definition) is 21. The molecule has 0 saturated carbocycles. The number of likely N-dealkylation sites (tertiary alicyclic amines) is 1. The molecule has 0 radical (unpaired) electrons. The third-order valence-electron chi connectivity index (χ3n) is 12.9. The van der Waals surface area contributed by atoms with Gasteiger partial charge in [-0.1, -0.05) is 13.8 Å². The number of aromatic amines is 1. The number of amides is 13. The predicted molar refractivity (Wildman–Crippen MR) is 304 cm³/mol. The van der Waals surface area contributed by atoms with Crippen LogP contribution in [0.15, 0.2) is 17.5 Å². The molecule has 26 N–H and O–H groups in total. The number of H-pyrrole nitrogens is 1. The quantitative estimate of drug-likeness (QED) is 0.0165. The molecule has 1 aliphatic heterocycles. The molecule has 2 rings (SSSR count). The normalized spacial score (nSPS) is 15.9. The van der Waals surface area contributed by atoms with E-state index in [0.717, 1.165) is 11.8 Å². The van der Waals surface area contributed by atoms with E-state index in [2.05, 4.69) is 57.5 Å². The van der Waals surface area contributed by atoms with Crippen LogP contribution in [0.3, 0.4) is 0 Å². The van der Waals surface area contributed by atoms with Gasteiger partial charge in [0.15, 0.2) is 5.96 Å². The summed E-state index contributed by atoms with van der Waals surface area (Å²) in [7, 11) is 0. The van der Waals surface area contributed by atoms with E-state index in [4.69, 9.17) is 33.8 Å². The molecular weight excluding hydrogens is 1200 g/mol. The number of aliphatic hydroxyl groups is 2. The molecule has 40 nitrogen and oxygen atoms in total. The molecule has 500 valence electrons. The van der Waals surface area contributed by atoms with Gasteiger partial charge in [0.1, 0.15) is 54.4 Å². The van der Waals surface area contributed by atoms with E-state index in [1.165, 1.54) is 12.5 Å². The highest BCUT2D eigenvalue weighted by atomic mass is 16.4. The number of aromatic nitrogens is 2. The number of guanidine groups is 1. The zero-order valence-corrected chi connectivity index (χ0v) is 49.2. The number of nitrogens with zero attached hydrogens (tertiary/aromatic N) is 3. The number of primary amides is 2. The average Bonchev–Trinajstić information content (AvgIpc) is 4.22. The molecule has 0 aromatic carbocycles. The van der Waals surface area contributed by atoms with Crippen molar-refractivity contribution in [1.29, 1.82) is 0 Å². The molecule has 1 aromatic heterocycles. The van der Waals surface area contributed by atoms with Crippen LogP contribution in [0.4, 0.5) is 0 Å². The predicted octanol–water partition coefficient (Wildman–Crippen LogP) is -11.4. The highest BCUT2D eigenvalue weighted by molar-refractivity contribution is 6.00. The SMILES string of the molecule is CC(C)C[C@H](NC(=O)[C@H](Cc1cnc[nH]1)NC(=O)[C@@H]1CCCN1C(=O)[C@H](CO)NC(=O)CNC(=O)[C@@H](NC(=O)CNC(=O)[C@H](CC(=O)O)NC(=O)[C@@H](N)CC(=O)O)[C@@H](C)O)C(=O)N[C@@H](CC(N)=O)C(=O)N[C@@H](CC(N)=O)C(=O)N[C@@H](CCCN=C(N)N)C(=O)O. The summed E-state index contributed by atoms with van der Waals surface area (Å²) in [4.78, 5) is 217. The second-order valence-corrected chi connectivity index (χ2v) is 20.9. The maximum absolute atomic E-state index is 14.3. The first-order valence-corrected chi connectivity index (χ1v) is 27.7. The Morgan fingerprint density at radius 3 is 1.64 bits per heavy atom. The van der Waals surface area contributed by atoms with Crippen LogP contribution in [0, 0.1) is 5.92 Å². The first kappa shape index (κ1) is 76.0. The van der Waals surface area contributed by atoms with E-state index in [9.17, 15) is 97.1 Å². The number of nitrogens with one attached hydrogen (secondary N) is 11. The molecule has 0 spiro atoms. The zero-order chi connectivity index (χ0) is 68.1. The van der Waals surface area contributed by atoms with Crippen molar-refractivity contribution in [2.45, 2.75) is 152 Å². The van der Waals surface area contributed by atoms with E-state index in [-0.39, 0.29) is 69.2 Å². The highest BCUT2D eigenvalue weighted by Gasteiger charge is 2.41. The van der Waals surface area contributed by atoms with Gasteiger partial charge in [-0.3, -0.25) is 76.9 Å². The van der Waals surface area contributed by atoms with Crippen LogP contribution in [0.5, 0.6) is 0 Å². The molecule has 11 atom stereocenters. The van der Waals surface area contributed by atoms with Crippen molar-refractivity contribution in [3.63, 3.8) is 0 Å². The van der Waals surface area contributed by atoms with Crippen molar-refractivity contribution in [1.82, 2.24) is 68.0 Å². The molecule has 0 bridgehead atoms. The molecule has 1 aliphatic rings. The fourth-order valence-electron chi connectivity index (χ4n) is 8.54. The Morgan fingerprint density at radius 2 is 1.14 bits per heavy atom.